The second kappa shape index (κ2) is 4.89. The third-order valence-electron chi connectivity index (χ3n) is 2.36. The molecule has 0 radical (unpaired) electrons. The van der Waals surface area contributed by atoms with Crippen molar-refractivity contribution in [3.05, 3.63) is 50.9 Å². The minimum absolute atomic E-state index is 0.138. The third kappa shape index (κ3) is 2.57. The fraction of sp³-hybridized carbons (Fsp3) is 0.167. The Morgan fingerprint density at radius 1 is 1.38 bits per heavy atom. The molecule has 1 aromatic heterocycles. The van der Waals surface area contributed by atoms with Crippen LogP contribution in [0.25, 0.3) is 0 Å². The van der Waals surface area contributed by atoms with Gasteiger partial charge in [-0.05, 0) is 12.1 Å². The van der Waals surface area contributed by atoms with E-state index in [4.69, 9.17) is 0 Å². The van der Waals surface area contributed by atoms with E-state index in [1.54, 1.807) is 11.3 Å². The van der Waals surface area contributed by atoms with E-state index in [9.17, 15) is 4.79 Å². The molecule has 1 aromatic carbocycles. The highest BCUT2D eigenvalue weighted by atomic mass is 79.9. The van der Waals surface area contributed by atoms with Crippen molar-refractivity contribution in [1.29, 1.82) is 0 Å². The molecule has 16 heavy (non-hydrogen) atoms. The minimum atomic E-state index is 0.138. The van der Waals surface area contributed by atoms with E-state index in [2.05, 4.69) is 15.9 Å². The Balaban J connectivity index is 2.15. The molecule has 2 rings (SSSR count). The van der Waals surface area contributed by atoms with Crippen LogP contribution in [-0.2, 0) is 6.54 Å². The lowest BCUT2D eigenvalue weighted by atomic mass is 10.1. The van der Waals surface area contributed by atoms with Gasteiger partial charge in [0.15, 0.2) is 5.69 Å². The van der Waals surface area contributed by atoms with Gasteiger partial charge in [-0.15, -0.1) is 0 Å². The maximum absolute atomic E-state index is 11.9. The molecule has 2 aromatic rings. The lowest BCUT2D eigenvalue weighted by Gasteiger charge is -1.97. The Kier molecular flexibility index (Phi) is 3.51. The molecular formula is C12H11BrNOS+. The summed E-state index contributed by atoms with van der Waals surface area (Å²) in [5.41, 5.74) is 3.84. The normalized spacial score (nSPS) is 10.4. The van der Waals surface area contributed by atoms with Gasteiger partial charge in [0.25, 0.3) is 0 Å². The lowest BCUT2D eigenvalue weighted by molar-refractivity contribution is -0.684. The van der Waals surface area contributed by atoms with Gasteiger partial charge in [-0.25, -0.2) is 0 Å². The smallest absolute Gasteiger partial charge is 0.227 e. The van der Waals surface area contributed by atoms with Gasteiger partial charge >= 0.3 is 0 Å². The van der Waals surface area contributed by atoms with Crippen LogP contribution >= 0.6 is 27.3 Å². The number of thiazole rings is 1. The molecule has 0 aliphatic carbocycles. The molecule has 0 amide bonds. The van der Waals surface area contributed by atoms with E-state index >= 15 is 0 Å². The summed E-state index contributed by atoms with van der Waals surface area (Å²) < 4.78 is 2.96. The lowest BCUT2D eigenvalue weighted by Crippen LogP contribution is -2.38. The standard InChI is InChI=1S/C12H11BrNOS/c1-9-7-16-8-14(9)6-12(15)10-2-4-11(13)5-3-10/h2-5,7-8H,6H2,1H3/q+1. The van der Waals surface area contributed by atoms with Crippen molar-refractivity contribution in [3.8, 4) is 0 Å². The van der Waals surface area contributed by atoms with Gasteiger partial charge in [-0.3, -0.25) is 4.79 Å². The number of ketones is 1. The number of nitrogens with zero attached hydrogens (tertiary/aromatic N) is 1. The zero-order valence-corrected chi connectivity index (χ0v) is 11.2. The maximum atomic E-state index is 11.9. The molecule has 0 aliphatic heterocycles. The van der Waals surface area contributed by atoms with E-state index in [0.29, 0.717) is 6.54 Å². The number of hydrogen-bond acceptors (Lipinski definition) is 2. The van der Waals surface area contributed by atoms with Crippen LogP contribution in [0.4, 0.5) is 0 Å². The molecule has 4 heteroatoms. The van der Waals surface area contributed by atoms with Crippen LogP contribution in [0, 0.1) is 6.92 Å². The van der Waals surface area contributed by atoms with E-state index < -0.39 is 0 Å². The summed E-state index contributed by atoms with van der Waals surface area (Å²) in [5, 5.41) is 2.04. The molecule has 0 unspecified atom stereocenters. The highest BCUT2D eigenvalue weighted by molar-refractivity contribution is 9.10. The zero-order valence-electron chi connectivity index (χ0n) is 8.81. The molecule has 82 valence electrons. The van der Waals surface area contributed by atoms with Crippen molar-refractivity contribution in [2.24, 2.45) is 0 Å². The van der Waals surface area contributed by atoms with Crippen molar-refractivity contribution in [3.63, 3.8) is 0 Å². The Bertz CT molecular complexity index is 504. The van der Waals surface area contributed by atoms with Gasteiger partial charge in [0, 0.05) is 17.0 Å². The first-order chi connectivity index (χ1) is 7.66. The number of halogens is 1. The average Bonchev–Trinajstić information content (AvgIpc) is 2.65. The molecule has 0 N–H and O–H groups in total. The van der Waals surface area contributed by atoms with Gasteiger partial charge < -0.3 is 0 Å². The quantitative estimate of drug-likeness (QED) is 0.630. The molecule has 0 spiro atoms. The number of carbonyl (C=O) groups is 1. The van der Waals surface area contributed by atoms with Gasteiger partial charge in [-0.2, -0.15) is 4.57 Å². The number of benzene rings is 1. The van der Waals surface area contributed by atoms with Crippen LogP contribution < -0.4 is 4.57 Å². The van der Waals surface area contributed by atoms with Gasteiger partial charge in [0.2, 0.25) is 17.8 Å². The Hall–Kier alpha value is -1.000. The van der Waals surface area contributed by atoms with Crippen LogP contribution in [0.3, 0.4) is 0 Å². The molecule has 0 saturated heterocycles. The predicted molar refractivity (Wildman–Crippen MR) is 67.7 cm³/mol. The second-order valence-electron chi connectivity index (χ2n) is 3.56. The molecular weight excluding hydrogens is 286 g/mol. The van der Waals surface area contributed by atoms with Crippen molar-refractivity contribution in [2.75, 3.05) is 0 Å². The van der Waals surface area contributed by atoms with E-state index in [1.807, 2.05) is 46.6 Å². The van der Waals surface area contributed by atoms with E-state index in [-0.39, 0.29) is 5.78 Å². The first-order valence-corrected chi connectivity index (χ1v) is 6.61. The molecule has 0 aliphatic rings. The summed E-state index contributed by atoms with van der Waals surface area (Å²) in [5.74, 6) is 0.138. The maximum Gasteiger partial charge on any atom is 0.227 e. The second-order valence-corrected chi connectivity index (χ2v) is 5.19. The Morgan fingerprint density at radius 3 is 2.62 bits per heavy atom. The number of carbonyl (C=O) groups excluding carboxylic acids is 1. The van der Waals surface area contributed by atoms with Crippen molar-refractivity contribution in [2.45, 2.75) is 13.5 Å². The summed E-state index contributed by atoms with van der Waals surface area (Å²) in [7, 11) is 0. The first-order valence-electron chi connectivity index (χ1n) is 4.88. The fourth-order valence-electron chi connectivity index (χ4n) is 1.40. The van der Waals surface area contributed by atoms with Crippen LogP contribution in [0.2, 0.25) is 0 Å². The fourth-order valence-corrected chi connectivity index (χ4v) is 2.44. The predicted octanol–water partition coefficient (Wildman–Crippen LogP) is 2.99. The summed E-state index contributed by atoms with van der Waals surface area (Å²) >= 11 is 4.96. The first kappa shape index (κ1) is 11.5. The summed E-state index contributed by atoms with van der Waals surface area (Å²) in [6.45, 7) is 2.42. The minimum Gasteiger partial charge on any atom is -0.287 e. The monoisotopic (exact) mass is 296 g/mol. The number of aryl methyl sites for hydroxylation is 1. The Morgan fingerprint density at radius 2 is 2.06 bits per heavy atom. The molecule has 0 bridgehead atoms. The summed E-state index contributed by atoms with van der Waals surface area (Å²) in [4.78, 5) is 11.9. The average molecular weight is 297 g/mol. The number of rotatable bonds is 3. The van der Waals surface area contributed by atoms with E-state index in [0.717, 1.165) is 15.7 Å². The number of aromatic nitrogens is 1. The third-order valence-corrected chi connectivity index (χ3v) is 3.74. The van der Waals surface area contributed by atoms with Crippen LogP contribution in [0.5, 0.6) is 0 Å². The molecule has 2 nitrogen and oxygen atoms in total. The van der Waals surface area contributed by atoms with E-state index in [1.165, 1.54) is 0 Å². The van der Waals surface area contributed by atoms with Gasteiger partial charge in [0.05, 0.1) is 5.38 Å². The summed E-state index contributed by atoms with van der Waals surface area (Å²) in [6.07, 6.45) is 0. The highest BCUT2D eigenvalue weighted by Gasteiger charge is 2.14. The SMILES string of the molecule is Cc1csc[n+]1CC(=O)c1ccc(Br)cc1. The molecule has 0 fully saturated rings. The Labute approximate surface area is 107 Å². The van der Waals surface area contributed by atoms with Crippen molar-refractivity contribution >= 4 is 33.0 Å². The zero-order chi connectivity index (χ0) is 11.5. The van der Waals surface area contributed by atoms with Gasteiger partial charge in [0.1, 0.15) is 0 Å². The number of hydrogen-bond donors (Lipinski definition) is 0. The van der Waals surface area contributed by atoms with Crippen LogP contribution in [-0.4, -0.2) is 5.78 Å². The van der Waals surface area contributed by atoms with Crippen molar-refractivity contribution in [1.82, 2.24) is 0 Å². The molecule has 0 atom stereocenters. The number of Topliss-reactive ketones (excluding diaryl/α,β-unsaturated/α-hetero) is 1. The largest absolute Gasteiger partial charge is 0.287 e. The van der Waals surface area contributed by atoms with Crippen LogP contribution in [0.1, 0.15) is 16.1 Å². The highest BCUT2D eigenvalue weighted by Crippen LogP contribution is 2.11. The van der Waals surface area contributed by atoms with Gasteiger partial charge in [-0.1, -0.05) is 39.4 Å². The topological polar surface area (TPSA) is 20.9 Å². The summed E-state index contributed by atoms with van der Waals surface area (Å²) in [6, 6.07) is 7.46. The molecule has 0 saturated carbocycles. The van der Waals surface area contributed by atoms with Crippen molar-refractivity contribution < 1.29 is 9.36 Å². The molecule has 1 heterocycles. The van der Waals surface area contributed by atoms with Crippen LogP contribution in [0.15, 0.2) is 39.6 Å².